The number of carbonyl (C=O) groups is 3. The molecule has 9 nitrogen and oxygen atoms in total. The van der Waals surface area contributed by atoms with Crippen molar-refractivity contribution < 1.29 is 28.6 Å². The van der Waals surface area contributed by atoms with E-state index < -0.39 is 5.25 Å². The lowest BCUT2D eigenvalue weighted by atomic mass is 9.95. The summed E-state index contributed by atoms with van der Waals surface area (Å²) < 4.78 is 16.0. The summed E-state index contributed by atoms with van der Waals surface area (Å²) in [6.45, 7) is 0.830. The van der Waals surface area contributed by atoms with Gasteiger partial charge in [0.2, 0.25) is 23.5 Å². The Morgan fingerprint density at radius 1 is 1.03 bits per heavy atom. The highest BCUT2D eigenvalue weighted by molar-refractivity contribution is 8.01. The van der Waals surface area contributed by atoms with Gasteiger partial charge in [-0.05, 0) is 25.0 Å². The van der Waals surface area contributed by atoms with E-state index in [-0.39, 0.29) is 23.6 Å². The molecule has 0 aliphatic carbocycles. The van der Waals surface area contributed by atoms with Gasteiger partial charge in [-0.25, -0.2) is 0 Å². The summed E-state index contributed by atoms with van der Waals surface area (Å²) in [7, 11) is 4.54. The van der Waals surface area contributed by atoms with E-state index >= 15 is 0 Å². The van der Waals surface area contributed by atoms with Crippen LogP contribution in [-0.4, -0.2) is 62.3 Å². The van der Waals surface area contributed by atoms with Gasteiger partial charge < -0.3 is 29.7 Å². The first-order valence-corrected chi connectivity index (χ1v) is 11.8. The lowest BCUT2D eigenvalue weighted by Crippen LogP contribution is -2.48. The van der Waals surface area contributed by atoms with Crippen molar-refractivity contribution in [3.05, 3.63) is 36.4 Å². The van der Waals surface area contributed by atoms with Crippen LogP contribution >= 0.6 is 11.8 Å². The molecule has 1 saturated heterocycles. The number of benzene rings is 2. The summed E-state index contributed by atoms with van der Waals surface area (Å²) >= 11 is 1.27. The number of hydrogen-bond donors (Lipinski definition) is 2. The summed E-state index contributed by atoms with van der Waals surface area (Å²) in [5.41, 5.74) is 1.26. The minimum absolute atomic E-state index is 0.139. The number of amides is 3. The fourth-order valence-corrected chi connectivity index (χ4v) is 5.21. The summed E-state index contributed by atoms with van der Waals surface area (Å²) in [6.07, 6.45) is 1.02. The fourth-order valence-electron chi connectivity index (χ4n) is 4.14. The van der Waals surface area contributed by atoms with E-state index in [9.17, 15) is 14.4 Å². The Morgan fingerprint density at radius 3 is 2.29 bits per heavy atom. The van der Waals surface area contributed by atoms with E-state index in [0.29, 0.717) is 48.9 Å². The van der Waals surface area contributed by atoms with Gasteiger partial charge in [-0.1, -0.05) is 12.1 Å². The second kappa shape index (κ2) is 10.3. The predicted octanol–water partition coefficient (Wildman–Crippen LogP) is 3.00. The third kappa shape index (κ3) is 4.77. The van der Waals surface area contributed by atoms with Gasteiger partial charge in [-0.2, -0.15) is 0 Å². The molecule has 0 aromatic heterocycles. The number of nitrogens with zero attached hydrogens (tertiary/aromatic N) is 1. The van der Waals surface area contributed by atoms with Crippen LogP contribution in [0.25, 0.3) is 0 Å². The van der Waals surface area contributed by atoms with Crippen LogP contribution in [0.1, 0.15) is 12.8 Å². The lowest BCUT2D eigenvalue weighted by molar-refractivity contribution is -0.136. The van der Waals surface area contributed by atoms with Crippen LogP contribution in [0.2, 0.25) is 0 Å². The van der Waals surface area contributed by atoms with Gasteiger partial charge in [0, 0.05) is 41.7 Å². The third-order valence-corrected chi connectivity index (χ3v) is 7.22. The van der Waals surface area contributed by atoms with Crippen LogP contribution in [0.15, 0.2) is 41.3 Å². The SMILES string of the molecule is COc1cc(NC(=O)C2CCN(C(=O)C3Sc4ccccc4NC3=O)CC2)cc(OC)c1OC. The zero-order chi connectivity index (χ0) is 24.2. The molecule has 0 radical (unpaired) electrons. The quantitative estimate of drug-likeness (QED) is 0.606. The van der Waals surface area contributed by atoms with Gasteiger partial charge in [0.1, 0.15) is 0 Å². The molecule has 1 unspecified atom stereocenters. The van der Waals surface area contributed by atoms with E-state index in [4.69, 9.17) is 14.2 Å². The van der Waals surface area contributed by atoms with Gasteiger partial charge in [0.15, 0.2) is 16.7 Å². The highest BCUT2D eigenvalue weighted by Crippen LogP contribution is 2.40. The first kappa shape index (κ1) is 23.7. The molecule has 180 valence electrons. The average Bonchev–Trinajstić information content (AvgIpc) is 2.87. The molecule has 34 heavy (non-hydrogen) atoms. The highest BCUT2D eigenvalue weighted by Gasteiger charge is 2.37. The Bertz CT molecular complexity index is 1070. The molecule has 2 aromatic rings. The summed E-state index contributed by atoms with van der Waals surface area (Å²) in [6, 6.07) is 10.8. The van der Waals surface area contributed by atoms with E-state index in [0.717, 1.165) is 10.6 Å². The molecule has 2 aromatic carbocycles. The normalized spacial score (nSPS) is 17.9. The predicted molar refractivity (Wildman–Crippen MR) is 129 cm³/mol. The molecule has 2 aliphatic rings. The molecule has 2 aliphatic heterocycles. The number of carbonyl (C=O) groups excluding carboxylic acids is 3. The number of para-hydroxylation sites is 1. The molecule has 0 spiro atoms. The molecule has 1 atom stereocenters. The number of nitrogens with one attached hydrogen (secondary N) is 2. The van der Waals surface area contributed by atoms with Crippen LogP contribution < -0.4 is 24.8 Å². The number of hydrogen-bond acceptors (Lipinski definition) is 7. The van der Waals surface area contributed by atoms with Gasteiger partial charge in [-0.15, -0.1) is 11.8 Å². The standard InChI is InChI=1S/C24H27N3O6S/c1-31-17-12-15(13-18(32-2)20(17)33-3)25-22(28)14-8-10-27(11-9-14)24(30)21-23(29)26-16-6-4-5-7-19(16)34-21/h4-7,12-14,21H,8-11H2,1-3H3,(H,25,28)(H,26,29). The smallest absolute Gasteiger partial charge is 0.247 e. The summed E-state index contributed by atoms with van der Waals surface area (Å²) in [5, 5.41) is 4.90. The largest absolute Gasteiger partial charge is 0.493 e. The molecular weight excluding hydrogens is 458 g/mol. The number of thioether (sulfide) groups is 1. The van der Waals surface area contributed by atoms with Gasteiger partial charge >= 0.3 is 0 Å². The molecule has 1 fully saturated rings. The van der Waals surface area contributed by atoms with Gasteiger partial charge in [-0.3, -0.25) is 14.4 Å². The Labute approximate surface area is 202 Å². The Hall–Kier alpha value is -3.40. The molecule has 10 heteroatoms. The number of ether oxygens (including phenoxy) is 3. The first-order valence-electron chi connectivity index (χ1n) is 10.9. The van der Waals surface area contributed by atoms with Crippen molar-refractivity contribution in [1.82, 2.24) is 4.90 Å². The van der Waals surface area contributed by atoms with Crippen molar-refractivity contribution >= 4 is 40.9 Å². The molecular formula is C24H27N3O6S. The maximum absolute atomic E-state index is 13.0. The number of fused-ring (bicyclic) bond motifs is 1. The molecule has 3 amide bonds. The van der Waals surface area contributed by atoms with E-state index in [1.807, 2.05) is 24.3 Å². The number of rotatable bonds is 6. The Morgan fingerprint density at radius 2 is 1.68 bits per heavy atom. The molecule has 4 rings (SSSR count). The monoisotopic (exact) mass is 485 g/mol. The van der Waals surface area contributed by atoms with Gasteiger partial charge in [0.25, 0.3) is 0 Å². The van der Waals surface area contributed by atoms with Crippen molar-refractivity contribution in [3.63, 3.8) is 0 Å². The van der Waals surface area contributed by atoms with Crippen molar-refractivity contribution in [2.75, 3.05) is 45.1 Å². The minimum atomic E-state index is -0.820. The van der Waals surface area contributed by atoms with Crippen LogP contribution in [-0.2, 0) is 14.4 Å². The summed E-state index contributed by atoms with van der Waals surface area (Å²) in [5.74, 6) is 0.417. The highest BCUT2D eigenvalue weighted by atomic mass is 32.2. The zero-order valence-electron chi connectivity index (χ0n) is 19.3. The van der Waals surface area contributed by atoms with Crippen molar-refractivity contribution in [2.45, 2.75) is 23.0 Å². The molecule has 2 N–H and O–H groups in total. The summed E-state index contributed by atoms with van der Waals surface area (Å²) in [4.78, 5) is 41.0. The zero-order valence-corrected chi connectivity index (χ0v) is 20.1. The third-order valence-electron chi connectivity index (χ3n) is 5.96. The molecule has 0 bridgehead atoms. The number of methoxy groups -OCH3 is 3. The second-order valence-electron chi connectivity index (χ2n) is 7.99. The molecule has 0 saturated carbocycles. The Kier molecular flexibility index (Phi) is 7.16. The van der Waals surface area contributed by atoms with Crippen LogP contribution in [0, 0.1) is 5.92 Å². The average molecular weight is 486 g/mol. The van der Waals surface area contributed by atoms with Crippen LogP contribution in [0.4, 0.5) is 11.4 Å². The maximum Gasteiger partial charge on any atom is 0.247 e. The van der Waals surface area contributed by atoms with Crippen LogP contribution in [0.3, 0.4) is 0 Å². The Balaban J connectivity index is 1.36. The van der Waals surface area contributed by atoms with E-state index in [1.54, 1.807) is 17.0 Å². The number of anilines is 2. The van der Waals surface area contributed by atoms with Crippen LogP contribution in [0.5, 0.6) is 17.2 Å². The number of piperidine rings is 1. The number of likely N-dealkylation sites (tertiary alicyclic amines) is 1. The van der Waals surface area contributed by atoms with Gasteiger partial charge in [0.05, 0.1) is 27.0 Å². The first-order chi connectivity index (χ1) is 16.4. The molecule has 2 heterocycles. The van der Waals surface area contributed by atoms with Crippen molar-refractivity contribution in [2.24, 2.45) is 5.92 Å². The van der Waals surface area contributed by atoms with E-state index in [2.05, 4.69) is 10.6 Å². The minimum Gasteiger partial charge on any atom is -0.493 e. The van der Waals surface area contributed by atoms with Crippen molar-refractivity contribution in [1.29, 1.82) is 0 Å². The lowest BCUT2D eigenvalue weighted by Gasteiger charge is -2.34. The van der Waals surface area contributed by atoms with E-state index in [1.165, 1.54) is 33.1 Å². The second-order valence-corrected chi connectivity index (χ2v) is 9.13. The van der Waals surface area contributed by atoms with Crippen molar-refractivity contribution in [3.8, 4) is 17.2 Å². The topological polar surface area (TPSA) is 106 Å². The maximum atomic E-state index is 13.0. The fraction of sp³-hybridized carbons (Fsp3) is 0.375.